The monoisotopic (exact) mass is 324 g/mol. The van der Waals surface area contributed by atoms with E-state index in [9.17, 15) is 9.90 Å². The lowest BCUT2D eigenvalue weighted by molar-refractivity contribution is 0.453. The lowest BCUT2D eigenvalue weighted by Gasteiger charge is -2.19. The second-order valence-electron chi connectivity index (χ2n) is 5.75. The molecular weight excluding hydrogens is 308 g/mol. The van der Waals surface area contributed by atoms with Crippen molar-refractivity contribution >= 4 is 34.9 Å². The third kappa shape index (κ3) is 2.47. The zero-order chi connectivity index (χ0) is 15.8. The van der Waals surface area contributed by atoms with Crippen molar-refractivity contribution in [3.63, 3.8) is 0 Å². The van der Waals surface area contributed by atoms with Crippen LogP contribution in [0.15, 0.2) is 40.1 Å². The van der Waals surface area contributed by atoms with Gasteiger partial charge in [-0.2, -0.15) is 0 Å². The molecule has 5 heteroatoms. The van der Waals surface area contributed by atoms with Gasteiger partial charge in [0, 0.05) is 17.4 Å². The summed E-state index contributed by atoms with van der Waals surface area (Å²) in [5, 5.41) is 12.3. The average Bonchev–Trinajstić information content (AvgIpc) is 3.16. The molecule has 0 amide bonds. The van der Waals surface area contributed by atoms with E-state index >= 15 is 0 Å². The molecule has 2 heterocycles. The van der Waals surface area contributed by atoms with Crippen molar-refractivity contribution < 1.29 is 5.11 Å². The molecule has 4 nitrogen and oxygen atoms in total. The molecule has 4 rings (SSSR count). The smallest absolute Gasteiger partial charge is 0.307 e. The molecule has 2 aromatic rings. The highest BCUT2D eigenvalue weighted by atomic mass is 32.1. The Bertz CT molecular complexity index is 995. The van der Waals surface area contributed by atoms with Crippen LogP contribution in [0.3, 0.4) is 0 Å². The molecule has 1 atom stereocenters. The van der Waals surface area contributed by atoms with Crippen LogP contribution in [0.4, 0.5) is 5.69 Å². The number of nitrogens with zero attached hydrogens (tertiary/aromatic N) is 1. The van der Waals surface area contributed by atoms with Gasteiger partial charge < -0.3 is 5.11 Å². The Morgan fingerprint density at radius 1 is 1.39 bits per heavy atom. The Labute approximate surface area is 136 Å². The second kappa shape index (κ2) is 5.66. The minimum absolute atomic E-state index is 0.0366. The molecule has 1 aliphatic carbocycles. The number of thiazole rings is 1. The third-order valence-corrected chi connectivity index (χ3v) is 5.23. The first-order chi connectivity index (χ1) is 11.2. The molecule has 0 saturated carbocycles. The maximum atomic E-state index is 11.7. The minimum atomic E-state index is -0.234. The molecule has 1 aromatic carbocycles. The fourth-order valence-corrected chi connectivity index (χ4v) is 4.17. The average molecular weight is 324 g/mol. The number of aromatic nitrogens is 1. The van der Waals surface area contributed by atoms with E-state index in [-0.39, 0.29) is 16.7 Å². The Hall–Kier alpha value is -2.40. The van der Waals surface area contributed by atoms with E-state index in [1.165, 1.54) is 0 Å². The molecule has 0 radical (unpaired) electrons. The fourth-order valence-electron chi connectivity index (χ4n) is 3.31. The van der Waals surface area contributed by atoms with Crippen molar-refractivity contribution in [2.75, 3.05) is 0 Å². The van der Waals surface area contributed by atoms with Gasteiger partial charge in [0.05, 0.1) is 10.6 Å². The van der Waals surface area contributed by atoms with Crippen molar-refractivity contribution in [1.29, 1.82) is 0 Å². The number of aliphatic imine (C=N–C) groups is 1. The summed E-state index contributed by atoms with van der Waals surface area (Å²) in [5.74, 6) is 0.159. The Morgan fingerprint density at radius 2 is 2.30 bits per heavy atom. The van der Waals surface area contributed by atoms with Gasteiger partial charge in [0.2, 0.25) is 5.88 Å². The molecule has 1 unspecified atom stereocenters. The standard InChI is InChI=1S/C18H16N2O2S/c21-17-16(23-18(22)20-17)15(11-5-2-1-3-6-11)13-7-4-8-14-12(13)9-10-19-14/h2,4-5,7-11,21H,1,3,6H2,(H,20,22). The van der Waals surface area contributed by atoms with Crippen LogP contribution in [0.5, 0.6) is 5.88 Å². The Kier molecular flexibility index (Phi) is 3.50. The summed E-state index contributed by atoms with van der Waals surface area (Å²) in [6, 6.07) is 6.00. The molecule has 116 valence electrons. The number of aromatic amines is 1. The summed E-state index contributed by atoms with van der Waals surface area (Å²) in [6.07, 6.45) is 11.4. The highest BCUT2D eigenvalue weighted by Crippen LogP contribution is 2.34. The van der Waals surface area contributed by atoms with E-state index in [2.05, 4.69) is 22.1 Å². The number of fused-ring (bicyclic) bond motifs is 1. The molecule has 0 fully saturated rings. The topological polar surface area (TPSA) is 65.5 Å². The lowest BCUT2D eigenvalue weighted by atomic mass is 9.86. The van der Waals surface area contributed by atoms with Crippen LogP contribution < -0.4 is 15.3 Å². The van der Waals surface area contributed by atoms with Crippen LogP contribution in [0.25, 0.3) is 11.6 Å². The highest BCUT2D eigenvalue weighted by Gasteiger charge is 2.22. The summed E-state index contributed by atoms with van der Waals surface area (Å²) in [6.45, 7) is 0. The van der Waals surface area contributed by atoms with Crippen molar-refractivity contribution in [3.05, 3.63) is 55.3 Å². The first-order valence-electron chi connectivity index (χ1n) is 7.71. The van der Waals surface area contributed by atoms with E-state index < -0.39 is 0 Å². The quantitative estimate of drug-likeness (QED) is 0.832. The maximum absolute atomic E-state index is 11.7. The number of rotatable bonds is 2. The summed E-state index contributed by atoms with van der Waals surface area (Å²) >= 11 is 1.07. The van der Waals surface area contributed by atoms with Crippen molar-refractivity contribution in [3.8, 4) is 5.88 Å². The number of hydrogen-bond acceptors (Lipinski definition) is 4. The molecule has 0 bridgehead atoms. The molecule has 1 aliphatic heterocycles. The van der Waals surface area contributed by atoms with Crippen LogP contribution in [-0.2, 0) is 0 Å². The van der Waals surface area contributed by atoms with Gasteiger partial charge >= 0.3 is 4.87 Å². The molecule has 0 saturated heterocycles. The van der Waals surface area contributed by atoms with Crippen molar-refractivity contribution in [2.24, 2.45) is 10.9 Å². The van der Waals surface area contributed by atoms with Gasteiger partial charge in [0.1, 0.15) is 0 Å². The van der Waals surface area contributed by atoms with Crippen molar-refractivity contribution in [2.45, 2.75) is 19.3 Å². The summed E-state index contributed by atoms with van der Waals surface area (Å²) in [4.78, 5) is 19.0. The van der Waals surface area contributed by atoms with Gasteiger partial charge in [-0.05, 0) is 42.2 Å². The summed E-state index contributed by atoms with van der Waals surface area (Å²) in [5.41, 5.74) is 1.95. The number of allylic oxidation sites excluding steroid dienone is 2. The maximum Gasteiger partial charge on any atom is 0.307 e. The normalized spacial score (nSPS) is 20.3. The van der Waals surface area contributed by atoms with Gasteiger partial charge in [-0.1, -0.05) is 35.6 Å². The predicted octanol–water partition coefficient (Wildman–Crippen LogP) is 2.19. The zero-order valence-corrected chi connectivity index (χ0v) is 13.3. The summed E-state index contributed by atoms with van der Waals surface area (Å²) < 4.78 is 0. The minimum Gasteiger partial charge on any atom is -0.493 e. The van der Waals surface area contributed by atoms with Crippen molar-refractivity contribution in [1.82, 2.24) is 4.98 Å². The lowest BCUT2D eigenvalue weighted by Crippen LogP contribution is -2.29. The van der Waals surface area contributed by atoms with Gasteiger partial charge in [-0.3, -0.25) is 14.8 Å². The highest BCUT2D eigenvalue weighted by molar-refractivity contribution is 7.10. The summed E-state index contributed by atoms with van der Waals surface area (Å²) in [7, 11) is 0. The Balaban J connectivity index is 2.09. The van der Waals surface area contributed by atoms with Crippen LogP contribution in [0.1, 0.15) is 24.1 Å². The van der Waals surface area contributed by atoms with E-state index in [1.54, 1.807) is 6.21 Å². The molecule has 2 N–H and O–H groups in total. The fraction of sp³-hybridized carbons (Fsp3) is 0.222. The van der Waals surface area contributed by atoms with Crippen LogP contribution >= 0.6 is 11.3 Å². The van der Waals surface area contributed by atoms with Crippen LogP contribution in [-0.4, -0.2) is 16.3 Å². The van der Waals surface area contributed by atoms with Gasteiger partial charge in [-0.15, -0.1) is 0 Å². The number of H-pyrrole nitrogens is 1. The molecule has 1 aromatic heterocycles. The molecule has 23 heavy (non-hydrogen) atoms. The van der Waals surface area contributed by atoms with Crippen LogP contribution in [0, 0.1) is 5.92 Å². The largest absolute Gasteiger partial charge is 0.493 e. The Morgan fingerprint density at radius 3 is 3.04 bits per heavy atom. The van der Waals surface area contributed by atoms with Gasteiger partial charge in [0.25, 0.3) is 0 Å². The molecule has 0 spiro atoms. The van der Waals surface area contributed by atoms with Gasteiger partial charge in [0.15, 0.2) is 0 Å². The second-order valence-corrected chi connectivity index (χ2v) is 6.74. The molecular formula is C18H16N2O2S. The van der Waals surface area contributed by atoms with E-state index in [1.807, 2.05) is 24.3 Å². The zero-order valence-electron chi connectivity index (χ0n) is 12.5. The predicted molar refractivity (Wildman–Crippen MR) is 93.9 cm³/mol. The molecule has 2 aliphatic rings. The van der Waals surface area contributed by atoms with E-state index in [0.29, 0.717) is 4.88 Å². The van der Waals surface area contributed by atoms with E-state index in [0.717, 1.165) is 52.3 Å². The third-order valence-electron chi connectivity index (χ3n) is 4.33. The first-order valence-corrected chi connectivity index (χ1v) is 8.52. The van der Waals surface area contributed by atoms with Crippen LogP contribution in [0.2, 0.25) is 0 Å². The van der Waals surface area contributed by atoms with Gasteiger partial charge in [-0.25, -0.2) is 0 Å². The van der Waals surface area contributed by atoms with E-state index in [4.69, 9.17) is 0 Å². The first kappa shape index (κ1) is 14.2. The SMILES string of the molecule is O=c1[nH]c(O)c(C(=c2cccc3c2=CC=N3)C2C=CCCC2)s1. The number of aromatic hydroxyl groups is 1. The number of nitrogens with one attached hydrogen (secondary N) is 1. The number of benzene rings is 1. The number of hydrogen-bond donors (Lipinski definition) is 2.